The molecule has 0 aromatic heterocycles. The van der Waals surface area contributed by atoms with E-state index in [9.17, 15) is 13.2 Å². The van der Waals surface area contributed by atoms with Crippen molar-refractivity contribution in [3.63, 3.8) is 0 Å². The van der Waals surface area contributed by atoms with Crippen LogP contribution >= 0.6 is 0 Å². The van der Waals surface area contributed by atoms with Gasteiger partial charge in [-0.3, -0.25) is 0 Å². The number of carboxylic acids is 1. The van der Waals surface area contributed by atoms with Gasteiger partial charge in [0.15, 0.2) is 0 Å². The standard InChI is InChI=1S/C17H28N2O5S/c1-5-13(4)19-25(22,23)16-11-14(17(20)21)7-8-15(16)18-9-6-10-24-12(2)3/h7-8,11-13,18-19H,5-6,9-10H2,1-4H3,(H,20,21)/t13-/m1/s1. The van der Waals surface area contributed by atoms with Crippen molar-refractivity contribution in [1.82, 2.24) is 4.72 Å². The van der Waals surface area contributed by atoms with Crippen molar-refractivity contribution in [2.45, 2.75) is 57.6 Å². The van der Waals surface area contributed by atoms with Crippen LogP contribution in [-0.2, 0) is 14.8 Å². The van der Waals surface area contributed by atoms with E-state index in [1.165, 1.54) is 18.2 Å². The van der Waals surface area contributed by atoms with Crippen molar-refractivity contribution in [2.24, 2.45) is 0 Å². The van der Waals surface area contributed by atoms with Gasteiger partial charge in [0, 0.05) is 19.2 Å². The molecule has 0 heterocycles. The number of hydrogen-bond donors (Lipinski definition) is 3. The average molecular weight is 372 g/mol. The van der Waals surface area contributed by atoms with Gasteiger partial charge in [0.1, 0.15) is 4.90 Å². The highest BCUT2D eigenvalue weighted by molar-refractivity contribution is 7.89. The van der Waals surface area contributed by atoms with Crippen LogP contribution in [0.4, 0.5) is 5.69 Å². The molecule has 0 aliphatic heterocycles. The van der Waals surface area contributed by atoms with E-state index in [1.54, 1.807) is 6.92 Å². The van der Waals surface area contributed by atoms with E-state index in [2.05, 4.69) is 10.0 Å². The zero-order valence-electron chi connectivity index (χ0n) is 15.2. The third kappa shape index (κ3) is 7.01. The van der Waals surface area contributed by atoms with E-state index in [0.717, 1.165) is 0 Å². The molecule has 25 heavy (non-hydrogen) atoms. The first-order valence-corrected chi connectivity index (χ1v) is 9.90. The summed E-state index contributed by atoms with van der Waals surface area (Å²) in [7, 11) is -3.82. The van der Waals surface area contributed by atoms with Crippen LogP contribution in [0.25, 0.3) is 0 Å². The maximum absolute atomic E-state index is 12.6. The Bertz CT molecular complexity index is 674. The minimum Gasteiger partial charge on any atom is -0.478 e. The number of carboxylic acid groups (broad SMARTS) is 1. The van der Waals surface area contributed by atoms with Crippen molar-refractivity contribution in [3.8, 4) is 0 Å². The van der Waals surface area contributed by atoms with Crippen LogP contribution in [0.3, 0.4) is 0 Å². The first kappa shape index (κ1) is 21.4. The molecule has 0 aliphatic carbocycles. The highest BCUT2D eigenvalue weighted by atomic mass is 32.2. The fraction of sp³-hybridized carbons (Fsp3) is 0.588. The number of nitrogens with one attached hydrogen (secondary N) is 2. The van der Waals surface area contributed by atoms with Crippen LogP contribution in [-0.4, -0.2) is 44.8 Å². The van der Waals surface area contributed by atoms with E-state index >= 15 is 0 Å². The van der Waals surface area contributed by atoms with Crippen molar-refractivity contribution >= 4 is 21.7 Å². The van der Waals surface area contributed by atoms with Crippen LogP contribution in [0.5, 0.6) is 0 Å². The Balaban J connectivity index is 2.98. The largest absolute Gasteiger partial charge is 0.478 e. The smallest absolute Gasteiger partial charge is 0.335 e. The number of hydrogen-bond acceptors (Lipinski definition) is 5. The summed E-state index contributed by atoms with van der Waals surface area (Å²) in [6.45, 7) is 8.60. The molecule has 1 atom stereocenters. The lowest BCUT2D eigenvalue weighted by molar-refractivity contribution is 0.0696. The van der Waals surface area contributed by atoms with Crippen molar-refractivity contribution in [1.29, 1.82) is 0 Å². The Morgan fingerprint density at radius 3 is 2.52 bits per heavy atom. The molecule has 0 saturated heterocycles. The van der Waals surface area contributed by atoms with Gasteiger partial charge >= 0.3 is 5.97 Å². The van der Waals surface area contributed by atoms with Gasteiger partial charge in [-0.2, -0.15) is 0 Å². The molecule has 8 heteroatoms. The molecular weight excluding hydrogens is 344 g/mol. The number of sulfonamides is 1. The Labute approximate surface area is 149 Å². The lowest BCUT2D eigenvalue weighted by atomic mass is 10.2. The summed E-state index contributed by atoms with van der Waals surface area (Å²) in [6.07, 6.45) is 1.48. The highest BCUT2D eigenvalue weighted by Gasteiger charge is 2.22. The maximum Gasteiger partial charge on any atom is 0.335 e. The SMILES string of the molecule is CC[C@@H](C)NS(=O)(=O)c1cc(C(=O)O)ccc1NCCCOC(C)C. The van der Waals surface area contributed by atoms with E-state index in [4.69, 9.17) is 9.84 Å². The highest BCUT2D eigenvalue weighted by Crippen LogP contribution is 2.23. The van der Waals surface area contributed by atoms with Gasteiger partial charge in [0.2, 0.25) is 10.0 Å². The first-order valence-electron chi connectivity index (χ1n) is 8.42. The molecule has 1 aromatic carbocycles. The summed E-state index contributed by atoms with van der Waals surface area (Å²) < 4.78 is 33.2. The fourth-order valence-corrected chi connectivity index (χ4v) is 3.58. The first-order chi connectivity index (χ1) is 11.7. The summed E-state index contributed by atoms with van der Waals surface area (Å²) in [5.74, 6) is -1.17. The molecule has 142 valence electrons. The zero-order chi connectivity index (χ0) is 19.0. The number of anilines is 1. The molecular formula is C17H28N2O5S. The number of benzene rings is 1. The molecule has 0 unspecified atom stereocenters. The second-order valence-electron chi connectivity index (χ2n) is 6.15. The zero-order valence-corrected chi connectivity index (χ0v) is 16.0. The summed E-state index contributed by atoms with van der Waals surface area (Å²) in [6, 6.07) is 3.81. The number of ether oxygens (including phenoxy) is 1. The molecule has 0 saturated carbocycles. The summed E-state index contributed by atoms with van der Waals surface area (Å²) in [4.78, 5) is 11.1. The van der Waals surface area contributed by atoms with Gasteiger partial charge in [-0.25, -0.2) is 17.9 Å². The Morgan fingerprint density at radius 2 is 1.96 bits per heavy atom. The predicted molar refractivity (Wildman–Crippen MR) is 97.7 cm³/mol. The van der Waals surface area contributed by atoms with Gasteiger partial charge in [-0.1, -0.05) is 6.92 Å². The topological polar surface area (TPSA) is 105 Å². The van der Waals surface area contributed by atoms with E-state index in [0.29, 0.717) is 31.7 Å². The fourth-order valence-electron chi connectivity index (χ4n) is 2.05. The maximum atomic E-state index is 12.6. The third-order valence-electron chi connectivity index (χ3n) is 3.57. The van der Waals surface area contributed by atoms with E-state index in [-0.39, 0.29) is 22.6 Å². The minimum absolute atomic E-state index is 0.0579. The molecule has 0 radical (unpaired) electrons. The molecule has 1 rings (SSSR count). The second kappa shape index (κ2) is 9.74. The van der Waals surface area contributed by atoms with Gasteiger partial charge in [0.05, 0.1) is 17.4 Å². The van der Waals surface area contributed by atoms with Crippen LogP contribution in [0.15, 0.2) is 23.1 Å². The van der Waals surface area contributed by atoms with E-state index < -0.39 is 16.0 Å². The van der Waals surface area contributed by atoms with Crippen LogP contribution < -0.4 is 10.0 Å². The van der Waals surface area contributed by atoms with Gasteiger partial charge < -0.3 is 15.2 Å². The molecule has 0 spiro atoms. The minimum atomic E-state index is -3.82. The number of carbonyl (C=O) groups is 1. The summed E-state index contributed by atoms with van der Waals surface area (Å²) in [5, 5.41) is 12.2. The van der Waals surface area contributed by atoms with Gasteiger partial charge in [-0.05, 0) is 51.8 Å². The summed E-state index contributed by atoms with van der Waals surface area (Å²) >= 11 is 0. The summed E-state index contributed by atoms with van der Waals surface area (Å²) in [5.41, 5.74) is 0.309. The van der Waals surface area contributed by atoms with Gasteiger partial charge in [0.25, 0.3) is 0 Å². The lowest BCUT2D eigenvalue weighted by Gasteiger charge is -2.17. The normalized spacial score (nSPS) is 13.0. The van der Waals surface area contributed by atoms with Crippen LogP contribution in [0, 0.1) is 0 Å². The van der Waals surface area contributed by atoms with Crippen LogP contribution in [0.2, 0.25) is 0 Å². The van der Waals surface area contributed by atoms with Crippen molar-refractivity contribution in [2.75, 3.05) is 18.5 Å². The molecule has 0 fully saturated rings. The number of aromatic carboxylic acids is 1. The van der Waals surface area contributed by atoms with E-state index in [1.807, 2.05) is 20.8 Å². The molecule has 1 aromatic rings. The Morgan fingerprint density at radius 1 is 1.28 bits per heavy atom. The predicted octanol–water partition coefficient (Wildman–Crippen LogP) is 2.69. The Kier molecular flexibility index (Phi) is 8.34. The Hall–Kier alpha value is -1.64. The third-order valence-corrected chi connectivity index (χ3v) is 5.20. The number of rotatable bonds is 11. The van der Waals surface area contributed by atoms with Crippen LogP contribution in [0.1, 0.15) is 50.9 Å². The van der Waals surface area contributed by atoms with Crippen molar-refractivity contribution in [3.05, 3.63) is 23.8 Å². The monoisotopic (exact) mass is 372 g/mol. The molecule has 0 aliphatic rings. The lowest BCUT2D eigenvalue weighted by Crippen LogP contribution is -2.32. The molecule has 0 amide bonds. The molecule has 7 nitrogen and oxygen atoms in total. The van der Waals surface area contributed by atoms with Gasteiger partial charge in [-0.15, -0.1) is 0 Å². The van der Waals surface area contributed by atoms with Crippen molar-refractivity contribution < 1.29 is 23.1 Å². The second-order valence-corrected chi connectivity index (χ2v) is 7.83. The quantitative estimate of drug-likeness (QED) is 0.516. The average Bonchev–Trinajstić information content (AvgIpc) is 2.53. The molecule has 0 bridgehead atoms. The molecule has 3 N–H and O–H groups in total.